The fourth-order valence-corrected chi connectivity index (χ4v) is 9.63. The van der Waals surface area contributed by atoms with E-state index >= 15 is 0 Å². The first-order chi connectivity index (χ1) is 20.7. The number of hydrogen-bond donors (Lipinski definition) is 0. The minimum absolute atomic E-state index is 0.0147. The summed E-state index contributed by atoms with van der Waals surface area (Å²) in [6, 6.07) is 12.3. The van der Waals surface area contributed by atoms with Crippen molar-refractivity contribution in [2.75, 3.05) is 43.2 Å². The van der Waals surface area contributed by atoms with Crippen molar-refractivity contribution in [2.24, 2.45) is 16.2 Å². The molecule has 0 unspecified atom stereocenters. The van der Waals surface area contributed by atoms with Crippen molar-refractivity contribution in [3.05, 3.63) is 70.8 Å². The molecule has 2 bridgehead atoms. The first-order valence-corrected chi connectivity index (χ1v) is 17.6. The number of benzene rings is 2. The van der Waals surface area contributed by atoms with Gasteiger partial charge in [0.25, 0.3) is 5.91 Å². The molecule has 7 nitrogen and oxygen atoms in total. The number of allylic oxidation sites excluding steroid dienone is 1. The highest BCUT2D eigenvalue weighted by Gasteiger charge is 2.44. The zero-order chi connectivity index (χ0) is 30.2. The van der Waals surface area contributed by atoms with Crippen LogP contribution in [0.15, 0.2) is 52.9 Å². The molecule has 6 rings (SSSR count). The minimum Gasteiger partial charge on any atom is -0.490 e. The predicted molar refractivity (Wildman–Crippen MR) is 171 cm³/mol. The number of nitrogens with zero attached hydrogens (tertiary/aromatic N) is 2. The van der Waals surface area contributed by atoms with Crippen molar-refractivity contribution in [1.29, 1.82) is 0 Å². The summed E-state index contributed by atoms with van der Waals surface area (Å²) in [5.74, 6) is 0.845. The van der Waals surface area contributed by atoms with Crippen LogP contribution in [0.5, 0.6) is 5.75 Å². The van der Waals surface area contributed by atoms with Gasteiger partial charge < -0.3 is 14.4 Å². The molecule has 2 aliphatic heterocycles. The highest BCUT2D eigenvalue weighted by Crippen LogP contribution is 2.46. The Hall–Kier alpha value is -2.97. The lowest BCUT2D eigenvalue weighted by molar-refractivity contribution is -0.114. The number of ether oxygens (including phenoxy) is 2. The quantitative estimate of drug-likeness (QED) is 0.396. The zero-order valence-electron chi connectivity index (χ0n) is 25.7. The van der Waals surface area contributed by atoms with Crippen molar-refractivity contribution < 1.29 is 23.3 Å². The number of anilines is 1. The van der Waals surface area contributed by atoms with Crippen molar-refractivity contribution in [2.45, 2.75) is 70.3 Å². The monoisotopic (exact) mass is 604 g/mol. The molecule has 43 heavy (non-hydrogen) atoms. The molecule has 1 amide bonds. The van der Waals surface area contributed by atoms with Gasteiger partial charge in [-0.2, -0.15) is 4.36 Å². The first kappa shape index (κ1) is 30.1. The molecule has 2 heterocycles. The number of carbonyl (C=O) groups excluding carboxylic acids is 2. The molecular formula is C35H44N2O5S. The minimum atomic E-state index is -3.03. The SMILES string of the molecule is CO[C@H]1/C=C/CCC[S@@](=O)(CC(C)=O)=NC(=O)c2ccc3c(c2)N(C[C@@H]2CC[C@H]21)C[C@@]1(CCCc2cc(C)ccc21)CO3. The largest absolute Gasteiger partial charge is 0.490 e. The number of carbonyl (C=O) groups is 2. The summed E-state index contributed by atoms with van der Waals surface area (Å²) < 4.78 is 30.6. The highest BCUT2D eigenvalue weighted by atomic mass is 32.2. The van der Waals surface area contributed by atoms with Crippen LogP contribution in [0.3, 0.4) is 0 Å². The van der Waals surface area contributed by atoms with E-state index in [0.29, 0.717) is 36.8 Å². The van der Waals surface area contributed by atoms with E-state index in [1.165, 1.54) is 23.6 Å². The maximum Gasteiger partial charge on any atom is 0.285 e. The van der Waals surface area contributed by atoms with Gasteiger partial charge in [0, 0.05) is 36.9 Å². The standard InChI is InChI=1S/C35H44N2O5S/c1-24-10-14-30-26(18-24)8-7-16-35(30)22-37-20-28-11-13-29(28)32(41-3)9-5-4-6-17-43(40,21-25(2)38)36-34(39)27-12-15-33(42-23-35)31(37)19-27/h5,9-10,12,14-15,18-19,28-29,32H,4,6-8,11,13,16-17,20-23H2,1-3H3/b9-5+/t28-,29+,32-,35-,43+/m0/s1. The average Bonchev–Trinajstić information content (AvgIpc) is 3.10. The Kier molecular flexibility index (Phi) is 8.53. The fraction of sp³-hybridized carbons (Fsp3) is 0.543. The molecular weight excluding hydrogens is 560 g/mol. The van der Waals surface area contributed by atoms with Crippen LogP contribution in [0, 0.1) is 18.8 Å². The topological polar surface area (TPSA) is 85.3 Å². The lowest BCUT2D eigenvalue weighted by atomic mass is 9.68. The van der Waals surface area contributed by atoms with E-state index in [-0.39, 0.29) is 28.8 Å². The third kappa shape index (κ3) is 6.18. The van der Waals surface area contributed by atoms with Crippen LogP contribution in [0.2, 0.25) is 0 Å². The Balaban J connectivity index is 1.45. The van der Waals surface area contributed by atoms with Gasteiger partial charge in [0.15, 0.2) is 0 Å². The van der Waals surface area contributed by atoms with Crippen LogP contribution in [-0.4, -0.2) is 60.3 Å². The van der Waals surface area contributed by atoms with E-state index in [2.05, 4.69) is 46.5 Å². The third-order valence-corrected chi connectivity index (χ3v) is 12.2. The van der Waals surface area contributed by atoms with Gasteiger partial charge in [0.1, 0.15) is 11.5 Å². The molecule has 1 fully saturated rings. The summed E-state index contributed by atoms with van der Waals surface area (Å²) in [5, 5.41) is 0. The van der Waals surface area contributed by atoms with Crippen molar-refractivity contribution in [3.63, 3.8) is 0 Å². The number of methoxy groups -OCH3 is 1. The molecule has 0 N–H and O–H groups in total. The number of hydrogen-bond acceptors (Lipinski definition) is 6. The molecule has 5 atom stereocenters. The molecule has 1 saturated carbocycles. The van der Waals surface area contributed by atoms with Gasteiger partial charge in [0.05, 0.1) is 33.9 Å². The van der Waals surface area contributed by atoms with E-state index in [1.807, 2.05) is 12.1 Å². The summed E-state index contributed by atoms with van der Waals surface area (Å²) in [4.78, 5) is 28.0. The van der Waals surface area contributed by atoms with Crippen molar-refractivity contribution in [1.82, 2.24) is 0 Å². The molecule has 4 aliphatic rings. The maximum atomic E-state index is 13.8. The lowest BCUT2D eigenvalue weighted by Gasteiger charge is -2.46. The van der Waals surface area contributed by atoms with Crippen LogP contribution in [0.25, 0.3) is 0 Å². The van der Waals surface area contributed by atoms with Gasteiger partial charge in [-0.15, -0.1) is 0 Å². The van der Waals surface area contributed by atoms with Gasteiger partial charge in [-0.1, -0.05) is 35.9 Å². The average molecular weight is 605 g/mol. The van der Waals surface area contributed by atoms with Crippen LogP contribution < -0.4 is 9.64 Å². The van der Waals surface area contributed by atoms with E-state index in [1.54, 1.807) is 13.2 Å². The smallest absolute Gasteiger partial charge is 0.285 e. The molecule has 230 valence electrons. The Morgan fingerprint density at radius 2 is 2.05 bits per heavy atom. The lowest BCUT2D eigenvalue weighted by Crippen LogP contribution is -2.49. The summed E-state index contributed by atoms with van der Waals surface area (Å²) >= 11 is 0. The van der Waals surface area contributed by atoms with Gasteiger partial charge >= 0.3 is 0 Å². The molecule has 8 heteroatoms. The first-order valence-electron chi connectivity index (χ1n) is 15.8. The van der Waals surface area contributed by atoms with Crippen molar-refractivity contribution in [3.8, 4) is 5.75 Å². The Bertz CT molecular complexity index is 1560. The van der Waals surface area contributed by atoms with Crippen LogP contribution in [-0.2, 0) is 31.1 Å². The Labute approximate surface area is 256 Å². The molecule has 0 radical (unpaired) electrons. The fourth-order valence-electron chi connectivity index (χ4n) is 7.67. The number of fused-ring (bicyclic) bond motifs is 4. The number of aryl methyl sites for hydroxylation is 2. The highest BCUT2D eigenvalue weighted by molar-refractivity contribution is 7.94. The Morgan fingerprint density at radius 3 is 2.81 bits per heavy atom. The van der Waals surface area contributed by atoms with E-state index in [4.69, 9.17) is 9.47 Å². The van der Waals surface area contributed by atoms with Gasteiger partial charge in [-0.05, 0) is 100.0 Å². The number of rotatable bonds is 3. The van der Waals surface area contributed by atoms with E-state index in [0.717, 1.165) is 56.6 Å². The second-order valence-corrected chi connectivity index (χ2v) is 15.6. The Morgan fingerprint density at radius 1 is 1.19 bits per heavy atom. The van der Waals surface area contributed by atoms with Gasteiger partial charge in [-0.25, -0.2) is 4.21 Å². The summed E-state index contributed by atoms with van der Waals surface area (Å²) in [5.41, 5.74) is 5.18. The van der Waals surface area contributed by atoms with Crippen LogP contribution >= 0.6 is 0 Å². The van der Waals surface area contributed by atoms with Crippen LogP contribution in [0.4, 0.5) is 5.69 Å². The van der Waals surface area contributed by atoms with Crippen LogP contribution in [0.1, 0.15) is 72.5 Å². The summed E-state index contributed by atoms with van der Waals surface area (Å²) in [6.45, 7) is 5.77. The maximum absolute atomic E-state index is 13.8. The predicted octanol–water partition coefficient (Wildman–Crippen LogP) is 6.06. The number of amides is 1. The summed E-state index contributed by atoms with van der Waals surface area (Å²) in [7, 11) is -1.25. The number of ketones is 1. The second-order valence-electron chi connectivity index (χ2n) is 13.1. The molecule has 1 spiro atoms. The van der Waals surface area contributed by atoms with Crippen molar-refractivity contribution >= 4 is 27.1 Å². The molecule has 2 aromatic rings. The van der Waals surface area contributed by atoms with E-state index in [9.17, 15) is 13.8 Å². The van der Waals surface area contributed by atoms with E-state index < -0.39 is 15.6 Å². The van der Waals surface area contributed by atoms with Gasteiger partial charge in [0.2, 0.25) is 0 Å². The molecule has 2 aliphatic carbocycles. The van der Waals surface area contributed by atoms with Gasteiger partial charge in [-0.3, -0.25) is 9.59 Å². The molecule has 2 aromatic carbocycles. The zero-order valence-corrected chi connectivity index (χ0v) is 26.5. The second kappa shape index (κ2) is 12.2. The normalized spacial score (nSPS) is 31.5. The third-order valence-electron chi connectivity index (χ3n) is 9.94. The number of Topliss-reactive ketones (excluding diaryl/α,β-unsaturated/α-hetero) is 1. The molecule has 0 aromatic heterocycles. The summed E-state index contributed by atoms with van der Waals surface area (Å²) in [6.07, 6.45) is 11.0. The molecule has 0 saturated heterocycles.